The van der Waals surface area contributed by atoms with E-state index in [1.54, 1.807) is 0 Å². The molecule has 1 unspecified atom stereocenters. The van der Waals surface area contributed by atoms with Gasteiger partial charge in [-0.3, -0.25) is 4.79 Å². The molecule has 0 aromatic carbocycles. The molecule has 4 nitrogen and oxygen atoms in total. The fourth-order valence-corrected chi connectivity index (χ4v) is 0.328. The van der Waals surface area contributed by atoms with Gasteiger partial charge >= 0.3 is 5.97 Å². The van der Waals surface area contributed by atoms with Crippen LogP contribution in [0.1, 0.15) is 13.3 Å². The van der Waals surface area contributed by atoms with Gasteiger partial charge in [-0.15, -0.1) is 0 Å². The third-order valence-electron chi connectivity index (χ3n) is 0.900. The number of carboxylic acids is 1. The summed E-state index contributed by atoms with van der Waals surface area (Å²) in [6.45, 7) is 1.53. The summed E-state index contributed by atoms with van der Waals surface area (Å²) in [5.74, 6) is -2.72. The number of aliphatic hydroxyl groups excluding tert-OH is 1. The number of rotatable bonds is 3. The van der Waals surface area contributed by atoms with Crippen molar-refractivity contribution < 1.29 is 19.8 Å². The maximum absolute atomic E-state index is 10.2. The SMILES string of the molecule is CCC(O)C(=O)C(=O)O. The van der Waals surface area contributed by atoms with Gasteiger partial charge < -0.3 is 10.2 Å². The molecule has 2 N–H and O–H groups in total. The Morgan fingerprint density at radius 3 is 2.11 bits per heavy atom. The van der Waals surface area contributed by atoms with Crippen molar-refractivity contribution in [3.05, 3.63) is 0 Å². The van der Waals surface area contributed by atoms with Crippen LogP contribution >= 0.6 is 0 Å². The monoisotopic (exact) mass is 132 g/mol. The summed E-state index contributed by atoms with van der Waals surface area (Å²) in [6, 6.07) is 0. The maximum Gasteiger partial charge on any atom is 0.374 e. The van der Waals surface area contributed by atoms with Crippen LogP contribution in [0.2, 0.25) is 0 Å². The highest BCUT2D eigenvalue weighted by molar-refractivity contribution is 6.34. The lowest BCUT2D eigenvalue weighted by atomic mass is 10.2. The van der Waals surface area contributed by atoms with Gasteiger partial charge in [-0.1, -0.05) is 6.92 Å². The van der Waals surface area contributed by atoms with Crippen molar-refractivity contribution in [3.8, 4) is 0 Å². The Bertz CT molecular complexity index is 129. The van der Waals surface area contributed by atoms with Gasteiger partial charge in [0, 0.05) is 0 Å². The number of aliphatic carboxylic acids is 1. The Hall–Kier alpha value is -0.900. The first-order chi connectivity index (χ1) is 4.09. The number of carbonyl (C=O) groups is 2. The fourth-order valence-electron chi connectivity index (χ4n) is 0.328. The Labute approximate surface area is 52.1 Å². The van der Waals surface area contributed by atoms with Gasteiger partial charge in [0.1, 0.15) is 6.10 Å². The number of Topliss-reactive ketones (excluding diaryl/α,β-unsaturated/α-hetero) is 1. The van der Waals surface area contributed by atoms with E-state index in [9.17, 15) is 9.59 Å². The smallest absolute Gasteiger partial charge is 0.374 e. The summed E-state index contributed by atoms with van der Waals surface area (Å²) in [5.41, 5.74) is 0. The molecule has 0 bridgehead atoms. The predicted octanol–water partition coefficient (Wildman–Crippen LogP) is -0.589. The first-order valence-corrected chi connectivity index (χ1v) is 2.54. The second kappa shape index (κ2) is 3.19. The number of hydrogen-bond acceptors (Lipinski definition) is 3. The normalized spacial score (nSPS) is 12.7. The van der Waals surface area contributed by atoms with Gasteiger partial charge in [-0.25, -0.2) is 4.79 Å². The minimum absolute atomic E-state index is 0.144. The van der Waals surface area contributed by atoms with Crippen LogP contribution in [0.4, 0.5) is 0 Å². The van der Waals surface area contributed by atoms with Gasteiger partial charge in [0.05, 0.1) is 0 Å². The molecule has 0 aliphatic rings. The molecule has 1 atom stereocenters. The standard InChI is InChI=1S/C5H8O4/c1-2-3(6)4(7)5(8)9/h3,6H,2H2,1H3,(H,8,9). The van der Waals surface area contributed by atoms with Crippen LogP contribution in [-0.2, 0) is 9.59 Å². The Balaban J connectivity index is 3.88. The molecule has 0 aromatic heterocycles. The lowest BCUT2D eigenvalue weighted by molar-refractivity contribution is -0.153. The molecule has 52 valence electrons. The second-order valence-corrected chi connectivity index (χ2v) is 1.59. The van der Waals surface area contributed by atoms with Crippen molar-refractivity contribution in [2.45, 2.75) is 19.4 Å². The Kier molecular flexibility index (Phi) is 2.87. The molecule has 0 heterocycles. The predicted molar refractivity (Wildman–Crippen MR) is 28.9 cm³/mol. The average Bonchev–Trinajstić information content (AvgIpc) is 1.84. The molecule has 0 aliphatic heterocycles. The quantitative estimate of drug-likeness (QED) is 0.503. The van der Waals surface area contributed by atoms with E-state index in [2.05, 4.69) is 0 Å². The molecule has 0 fully saturated rings. The lowest BCUT2D eigenvalue weighted by Crippen LogP contribution is -2.27. The largest absolute Gasteiger partial charge is 0.475 e. The number of carboxylic acid groups (broad SMARTS) is 1. The summed E-state index contributed by atoms with van der Waals surface area (Å²) in [5, 5.41) is 16.5. The summed E-state index contributed by atoms with van der Waals surface area (Å²) in [6.07, 6.45) is -1.20. The molecule has 0 aliphatic carbocycles. The van der Waals surface area contributed by atoms with Crippen LogP contribution in [0.15, 0.2) is 0 Å². The highest BCUT2D eigenvalue weighted by Gasteiger charge is 2.19. The molecule has 0 amide bonds. The number of hydrogen-bond donors (Lipinski definition) is 2. The van der Waals surface area contributed by atoms with E-state index >= 15 is 0 Å². The summed E-state index contributed by atoms with van der Waals surface area (Å²) in [4.78, 5) is 20.0. The molecule has 9 heavy (non-hydrogen) atoms. The van der Waals surface area contributed by atoms with Crippen LogP contribution in [-0.4, -0.2) is 28.1 Å². The minimum atomic E-state index is -1.58. The average molecular weight is 132 g/mol. The van der Waals surface area contributed by atoms with E-state index in [4.69, 9.17) is 10.2 Å². The lowest BCUT2D eigenvalue weighted by Gasteiger charge is -1.99. The van der Waals surface area contributed by atoms with Gasteiger partial charge in [-0.05, 0) is 6.42 Å². The van der Waals surface area contributed by atoms with Crippen LogP contribution in [0.3, 0.4) is 0 Å². The van der Waals surface area contributed by atoms with E-state index in [-0.39, 0.29) is 6.42 Å². The highest BCUT2D eigenvalue weighted by atomic mass is 16.4. The van der Waals surface area contributed by atoms with Crippen LogP contribution in [0.5, 0.6) is 0 Å². The van der Waals surface area contributed by atoms with E-state index in [0.717, 1.165) is 0 Å². The topological polar surface area (TPSA) is 74.6 Å². The molecule has 0 rings (SSSR count). The van der Waals surface area contributed by atoms with Crippen molar-refractivity contribution in [3.63, 3.8) is 0 Å². The zero-order valence-corrected chi connectivity index (χ0v) is 5.00. The zero-order chi connectivity index (χ0) is 7.44. The second-order valence-electron chi connectivity index (χ2n) is 1.59. The first kappa shape index (κ1) is 8.10. The van der Waals surface area contributed by atoms with Gasteiger partial charge in [0.25, 0.3) is 5.78 Å². The van der Waals surface area contributed by atoms with Crippen molar-refractivity contribution in [2.75, 3.05) is 0 Å². The van der Waals surface area contributed by atoms with Gasteiger partial charge in [-0.2, -0.15) is 0 Å². The van der Waals surface area contributed by atoms with Crippen LogP contribution in [0.25, 0.3) is 0 Å². The van der Waals surface area contributed by atoms with Gasteiger partial charge in [0.2, 0.25) is 0 Å². The maximum atomic E-state index is 10.2. The van der Waals surface area contributed by atoms with E-state index < -0.39 is 17.9 Å². The zero-order valence-electron chi connectivity index (χ0n) is 5.00. The van der Waals surface area contributed by atoms with E-state index in [1.165, 1.54) is 6.92 Å². The highest BCUT2D eigenvalue weighted by Crippen LogP contribution is 1.90. The molecular weight excluding hydrogens is 124 g/mol. The Morgan fingerprint density at radius 2 is 2.00 bits per heavy atom. The van der Waals surface area contributed by atoms with Gasteiger partial charge in [0.15, 0.2) is 0 Å². The molecule has 0 saturated heterocycles. The van der Waals surface area contributed by atoms with Crippen molar-refractivity contribution >= 4 is 11.8 Å². The molecular formula is C5H8O4. The van der Waals surface area contributed by atoms with Crippen molar-refractivity contribution in [1.29, 1.82) is 0 Å². The van der Waals surface area contributed by atoms with E-state index in [1.807, 2.05) is 0 Å². The fraction of sp³-hybridized carbons (Fsp3) is 0.600. The number of aliphatic hydroxyl groups is 1. The summed E-state index contributed by atoms with van der Waals surface area (Å²) < 4.78 is 0. The van der Waals surface area contributed by atoms with Crippen molar-refractivity contribution in [1.82, 2.24) is 0 Å². The summed E-state index contributed by atoms with van der Waals surface area (Å²) in [7, 11) is 0. The third-order valence-corrected chi connectivity index (χ3v) is 0.900. The first-order valence-electron chi connectivity index (χ1n) is 2.54. The number of ketones is 1. The van der Waals surface area contributed by atoms with Crippen LogP contribution in [0, 0.1) is 0 Å². The molecule has 0 radical (unpaired) electrons. The molecule has 0 spiro atoms. The third kappa shape index (κ3) is 2.23. The number of carbonyl (C=O) groups excluding carboxylic acids is 1. The minimum Gasteiger partial charge on any atom is -0.475 e. The summed E-state index contributed by atoms with van der Waals surface area (Å²) >= 11 is 0. The molecule has 0 saturated carbocycles. The van der Waals surface area contributed by atoms with Crippen LogP contribution < -0.4 is 0 Å². The molecule has 4 heteroatoms. The molecule has 0 aromatic rings. The Morgan fingerprint density at radius 1 is 1.56 bits per heavy atom. The van der Waals surface area contributed by atoms with Crippen molar-refractivity contribution in [2.24, 2.45) is 0 Å². The van der Waals surface area contributed by atoms with E-state index in [0.29, 0.717) is 0 Å².